The minimum absolute atomic E-state index is 0.0243. The van der Waals surface area contributed by atoms with Gasteiger partial charge in [-0.05, 0) is 11.6 Å². The summed E-state index contributed by atoms with van der Waals surface area (Å²) in [6.07, 6.45) is 0. The van der Waals surface area contributed by atoms with E-state index >= 15 is 0 Å². The van der Waals surface area contributed by atoms with Gasteiger partial charge in [0.25, 0.3) is 0 Å². The highest BCUT2D eigenvalue weighted by Crippen LogP contribution is 2.26. The molecule has 3 heteroatoms. The Kier molecular flexibility index (Phi) is 1.83. The predicted octanol–water partition coefficient (Wildman–Crippen LogP) is 0.962. The van der Waals surface area contributed by atoms with Crippen molar-refractivity contribution in [2.24, 2.45) is 0 Å². The standard InChI is InChI=1S/C9H10FNO/c10-8-3-1-2-6-7(8)4-11-9(6)5-12/h1-3,9,11-12H,4-5H2/t9-/m0/s1. The SMILES string of the molecule is OC[C@@H]1NCc2c(F)cccc21. The topological polar surface area (TPSA) is 32.3 Å². The fraction of sp³-hybridized carbons (Fsp3) is 0.333. The van der Waals surface area contributed by atoms with Gasteiger partial charge in [-0.1, -0.05) is 12.1 Å². The molecule has 0 saturated heterocycles. The Morgan fingerprint density at radius 3 is 3.17 bits per heavy atom. The number of halogens is 1. The van der Waals surface area contributed by atoms with Crippen LogP contribution in [0.2, 0.25) is 0 Å². The first-order chi connectivity index (χ1) is 5.83. The number of hydrogen-bond acceptors (Lipinski definition) is 2. The number of rotatable bonds is 1. The highest BCUT2D eigenvalue weighted by atomic mass is 19.1. The number of aliphatic hydroxyl groups excluding tert-OH is 1. The number of fused-ring (bicyclic) bond motifs is 1. The van der Waals surface area contributed by atoms with Crippen LogP contribution in [0.4, 0.5) is 4.39 Å². The van der Waals surface area contributed by atoms with Crippen molar-refractivity contribution in [3.63, 3.8) is 0 Å². The van der Waals surface area contributed by atoms with Crippen molar-refractivity contribution in [3.8, 4) is 0 Å². The molecule has 2 nitrogen and oxygen atoms in total. The van der Waals surface area contributed by atoms with Crippen molar-refractivity contribution in [3.05, 3.63) is 35.1 Å². The smallest absolute Gasteiger partial charge is 0.128 e. The zero-order valence-electron chi connectivity index (χ0n) is 6.55. The molecule has 0 spiro atoms. The normalized spacial score (nSPS) is 21.0. The molecule has 0 bridgehead atoms. The summed E-state index contributed by atoms with van der Waals surface area (Å²) in [5, 5.41) is 11.9. The molecule has 2 rings (SSSR count). The van der Waals surface area contributed by atoms with Crippen LogP contribution in [0.25, 0.3) is 0 Å². The Labute approximate surface area is 70.0 Å². The fourth-order valence-corrected chi connectivity index (χ4v) is 1.59. The molecule has 1 heterocycles. The van der Waals surface area contributed by atoms with E-state index in [4.69, 9.17) is 5.11 Å². The van der Waals surface area contributed by atoms with Gasteiger partial charge in [0, 0.05) is 12.1 Å². The lowest BCUT2D eigenvalue weighted by Crippen LogP contribution is -2.15. The summed E-state index contributed by atoms with van der Waals surface area (Å²) in [6.45, 7) is 0.545. The molecule has 64 valence electrons. The summed E-state index contributed by atoms with van der Waals surface area (Å²) in [5.74, 6) is -0.184. The van der Waals surface area contributed by atoms with Gasteiger partial charge in [-0.3, -0.25) is 0 Å². The monoisotopic (exact) mass is 167 g/mol. The van der Waals surface area contributed by atoms with Crippen molar-refractivity contribution in [2.45, 2.75) is 12.6 Å². The van der Waals surface area contributed by atoms with E-state index in [9.17, 15) is 4.39 Å². The van der Waals surface area contributed by atoms with E-state index in [1.54, 1.807) is 6.07 Å². The third kappa shape index (κ3) is 1.02. The Bertz CT molecular complexity index is 301. The molecule has 1 aliphatic rings. The molecule has 1 aromatic rings. The van der Waals surface area contributed by atoms with Gasteiger partial charge in [0.2, 0.25) is 0 Å². The average Bonchev–Trinajstić information content (AvgIpc) is 2.49. The Balaban J connectivity index is 2.46. The van der Waals surface area contributed by atoms with Gasteiger partial charge >= 0.3 is 0 Å². The van der Waals surface area contributed by atoms with Gasteiger partial charge in [-0.15, -0.1) is 0 Å². The van der Waals surface area contributed by atoms with E-state index in [1.807, 2.05) is 6.07 Å². The van der Waals surface area contributed by atoms with Crippen LogP contribution in [0.3, 0.4) is 0 Å². The quantitative estimate of drug-likeness (QED) is 0.653. The molecule has 0 aliphatic carbocycles. The Hall–Kier alpha value is -0.930. The average molecular weight is 167 g/mol. The van der Waals surface area contributed by atoms with Crippen molar-refractivity contribution in [1.29, 1.82) is 0 Å². The lowest BCUT2D eigenvalue weighted by atomic mass is 10.1. The van der Waals surface area contributed by atoms with E-state index in [0.29, 0.717) is 12.1 Å². The number of aliphatic hydroxyl groups is 1. The fourth-order valence-electron chi connectivity index (χ4n) is 1.59. The molecule has 0 aromatic heterocycles. The van der Waals surface area contributed by atoms with Crippen LogP contribution in [0.15, 0.2) is 18.2 Å². The van der Waals surface area contributed by atoms with Gasteiger partial charge in [-0.25, -0.2) is 4.39 Å². The lowest BCUT2D eigenvalue weighted by Gasteiger charge is -2.06. The first-order valence-corrected chi connectivity index (χ1v) is 3.94. The van der Waals surface area contributed by atoms with Crippen molar-refractivity contribution in [1.82, 2.24) is 5.32 Å². The summed E-state index contributed by atoms with van der Waals surface area (Å²) in [6, 6.07) is 4.87. The van der Waals surface area contributed by atoms with Crippen molar-refractivity contribution >= 4 is 0 Å². The van der Waals surface area contributed by atoms with Crippen LogP contribution >= 0.6 is 0 Å². The minimum Gasteiger partial charge on any atom is -0.394 e. The molecule has 1 aliphatic heterocycles. The van der Waals surface area contributed by atoms with Gasteiger partial charge < -0.3 is 10.4 Å². The van der Waals surface area contributed by atoms with E-state index in [-0.39, 0.29) is 18.5 Å². The van der Waals surface area contributed by atoms with Gasteiger partial charge in [0.1, 0.15) is 5.82 Å². The zero-order chi connectivity index (χ0) is 8.55. The molecule has 2 N–H and O–H groups in total. The van der Waals surface area contributed by atoms with Crippen LogP contribution in [-0.4, -0.2) is 11.7 Å². The lowest BCUT2D eigenvalue weighted by molar-refractivity contribution is 0.251. The summed E-state index contributed by atoms with van der Waals surface area (Å²) in [4.78, 5) is 0. The molecular weight excluding hydrogens is 157 g/mol. The van der Waals surface area contributed by atoms with E-state index in [2.05, 4.69) is 5.32 Å². The maximum atomic E-state index is 13.1. The third-order valence-corrected chi connectivity index (χ3v) is 2.24. The Morgan fingerprint density at radius 1 is 1.58 bits per heavy atom. The summed E-state index contributed by atoms with van der Waals surface area (Å²) >= 11 is 0. The minimum atomic E-state index is -0.184. The maximum Gasteiger partial charge on any atom is 0.128 e. The third-order valence-electron chi connectivity index (χ3n) is 2.24. The highest BCUT2D eigenvalue weighted by Gasteiger charge is 2.22. The van der Waals surface area contributed by atoms with Crippen LogP contribution in [0.5, 0.6) is 0 Å². The predicted molar refractivity (Wildman–Crippen MR) is 43.1 cm³/mol. The second kappa shape index (κ2) is 2.84. The zero-order valence-corrected chi connectivity index (χ0v) is 6.55. The molecule has 0 radical (unpaired) electrons. The summed E-state index contributed by atoms with van der Waals surface area (Å²) in [5.41, 5.74) is 1.58. The highest BCUT2D eigenvalue weighted by molar-refractivity contribution is 5.34. The van der Waals surface area contributed by atoms with E-state index < -0.39 is 0 Å². The van der Waals surface area contributed by atoms with Gasteiger partial charge in [0.15, 0.2) is 0 Å². The molecule has 0 saturated carbocycles. The maximum absolute atomic E-state index is 13.1. The molecule has 1 aromatic carbocycles. The number of benzene rings is 1. The molecular formula is C9H10FNO. The van der Waals surface area contributed by atoms with Gasteiger partial charge in [0.05, 0.1) is 12.6 Å². The van der Waals surface area contributed by atoms with Crippen LogP contribution in [0.1, 0.15) is 17.2 Å². The van der Waals surface area contributed by atoms with Crippen molar-refractivity contribution < 1.29 is 9.50 Å². The largest absolute Gasteiger partial charge is 0.394 e. The second-order valence-corrected chi connectivity index (χ2v) is 2.92. The molecule has 0 unspecified atom stereocenters. The molecule has 0 amide bonds. The number of hydrogen-bond donors (Lipinski definition) is 2. The first-order valence-electron chi connectivity index (χ1n) is 3.94. The van der Waals surface area contributed by atoms with Crippen LogP contribution < -0.4 is 5.32 Å². The summed E-state index contributed by atoms with van der Waals surface area (Å²) < 4.78 is 13.1. The molecule has 0 fully saturated rings. The molecule has 1 atom stereocenters. The van der Waals surface area contributed by atoms with E-state index in [1.165, 1.54) is 6.07 Å². The number of nitrogens with one attached hydrogen (secondary N) is 1. The van der Waals surface area contributed by atoms with Gasteiger partial charge in [-0.2, -0.15) is 0 Å². The van der Waals surface area contributed by atoms with E-state index in [0.717, 1.165) is 5.56 Å². The van der Waals surface area contributed by atoms with Crippen LogP contribution in [-0.2, 0) is 6.54 Å². The molecule has 12 heavy (non-hydrogen) atoms. The second-order valence-electron chi connectivity index (χ2n) is 2.92. The first kappa shape index (κ1) is 7.71. The van der Waals surface area contributed by atoms with Crippen molar-refractivity contribution in [2.75, 3.05) is 6.61 Å². The van der Waals surface area contributed by atoms with Crippen LogP contribution in [0, 0.1) is 5.82 Å². The Morgan fingerprint density at radius 2 is 2.42 bits per heavy atom. The summed E-state index contributed by atoms with van der Waals surface area (Å²) in [7, 11) is 0.